The summed E-state index contributed by atoms with van der Waals surface area (Å²) < 4.78 is 11.4. The molecule has 0 amide bonds. The van der Waals surface area contributed by atoms with Gasteiger partial charge >= 0.3 is 0 Å². The highest BCUT2D eigenvalue weighted by molar-refractivity contribution is 6.74. The van der Waals surface area contributed by atoms with E-state index >= 15 is 0 Å². The molecule has 0 spiro atoms. The van der Waals surface area contributed by atoms with Gasteiger partial charge in [-0.05, 0) is 42.2 Å². The lowest BCUT2D eigenvalue weighted by atomic mass is 10.1. The Labute approximate surface area is 124 Å². The number of ether oxygens (including phenoxy) is 1. The normalized spacial score (nSPS) is 12.1. The van der Waals surface area contributed by atoms with Crippen LogP contribution in [0.3, 0.4) is 0 Å². The van der Waals surface area contributed by atoms with Crippen molar-refractivity contribution in [2.24, 2.45) is 0 Å². The number of benzene rings is 1. The maximum atomic E-state index is 6.19. The summed E-state index contributed by atoms with van der Waals surface area (Å²) in [5.41, 5.74) is 1.25. The first-order chi connectivity index (χ1) is 9.15. The van der Waals surface area contributed by atoms with E-state index in [1.165, 1.54) is 5.56 Å². The standard InChI is InChI=1S/C17H28O2Si/c1-14(19-20(6,7)17(2,3)4)11-12-15-9-8-10-16(13-15)18-5/h8-10,13H,1,11-12H2,2-7H3. The molecule has 0 fully saturated rings. The van der Waals surface area contributed by atoms with Gasteiger partial charge in [-0.15, -0.1) is 0 Å². The zero-order chi connectivity index (χ0) is 15.4. The average molecular weight is 292 g/mol. The molecule has 0 saturated heterocycles. The maximum absolute atomic E-state index is 6.19. The Morgan fingerprint density at radius 2 is 1.90 bits per heavy atom. The number of rotatable bonds is 6. The first kappa shape index (κ1) is 16.8. The van der Waals surface area contributed by atoms with Crippen molar-refractivity contribution in [3.8, 4) is 5.75 Å². The second-order valence-corrected chi connectivity index (χ2v) is 11.5. The molecule has 20 heavy (non-hydrogen) atoms. The van der Waals surface area contributed by atoms with Crippen molar-refractivity contribution in [3.63, 3.8) is 0 Å². The molecule has 112 valence electrons. The Hall–Kier alpha value is -1.22. The smallest absolute Gasteiger partial charge is 0.250 e. The van der Waals surface area contributed by atoms with Crippen LogP contribution in [0.4, 0.5) is 0 Å². The van der Waals surface area contributed by atoms with Gasteiger partial charge in [0.15, 0.2) is 0 Å². The van der Waals surface area contributed by atoms with Crippen LogP contribution in [0, 0.1) is 0 Å². The van der Waals surface area contributed by atoms with E-state index in [2.05, 4.69) is 52.6 Å². The molecule has 0 saturated carbocycles. The van der Waals surface area contributed by atoms with Gasteiger partial charge in [-0.3, -0.25) is 0 Å². The first-order valence-electron chi connectivity index (χ1n) is 7.15. The maximum Gasteiger partial charge on any atom is 0.250 e. The molecule has 0 aliphatic carbocycles. The summed E-state index contributed by atoms with van der Waals surface area (Å²) in [6.07, 6.45) is 1.80. The zero-order valence-electron chi connectivity index (χ0n) is 13.7. The van der Waals surface area contributed by atoms with E-state index in [9.17, 15) is 0 Å². The predicted octanol–water partition coefficient (Wildman–Crippen LogP) is 5.16. The number of allylic oxidation sites excluding steroid dienone is 1. The van der Waals surface area contributed by atoms with Gasteiger partial charge in [0.1, 0.15) is 5.75 Å². The van der Waals surface area contributed by atoms with E-state index in [0.29, 0.717) is 0 Å². The molecule has 1 aromatic rings. The van der Waals surface area contributed by atoms with Crippen LogP contribution in [-0.4, -0.2) is 15.4 Å². The summed E-state index contributed by atoms with van der Waals surface area (Å²) >= 11 is 0. The molecule has 3 heteroatoms. The van der Waals surface area contributed by atoms with Gasteiger partial charge in [-0.1, -0.05) is 39.5 Å². The molecule has 0 aliphatic rings. The fraction of sp³-hybridized carbons (Fsp3) is 0.529. The molecular formula is C17H28O2Si. The topological polar surface area (TPSA) is 18.5 Å². The summed E-state index contributed by atoms with van der Waals surface area (Å²) in [5, 5.41) is 0.214. The molecule has 0 heterocycles. The van der Waals surface area contributed by atoms with Crippen LogP contribution >= 0.6 is 0 Å². The molecule has 1 aromatic carbocycles. The van der Waals surface area contributed by atoms with E-state index in [4.69, 9.17) is 9.16 Å². The summed E-state index contributed by atoms with van der Waals surface area (Å²) in [5.74, 6) is 1.80. The van der Waals surface area contributed by atoms with E-state index in [-0.39, 0.29) is 5.04 Å². The fourth-order valence-corrected chi connectivity index (χ4v) is 2.81. The van der Waals surface area contributed by atoms with Crippen LogP contribution in [0.1, 0.15) is 32.8 Å². The highest BCUT2D eigenvalue weighted by Crippen LogP contribution is 2.38. The van der Waals surface area contributed by atoms with Gasteiger partial charge in [-0.2, -0.15) is 0 Å². The van der Waals surface area contributed by atoms with E-state index in [0.717, 1.165) is 24.4 Å². The Morgan fingerprint density at radius 1 is 1.25 bits per heavy atom. The molecular weight excluding hydrogens is 264 g/mol. The summed E-state index contributed by atoms with van der Waals surface area (Å²) in [6.45, 7) is 15.3. The number of hydrogen-bond donors (Lipinski definition) is 0. The van der Waals surface area contributed by atoms with Gasteiger partial charge in [0, 0.05) is 6.42 Å². The number of methoxy groups -OCH3 is 1. The van der Waals surface area contributed by atoms with Gasteiger partial charge in [0.05, 0.1) is 12.9 Å². The summed E-state index contributed by atoms with van der Waals surface area (Å²) in [7, 11) is -0.0551. The molecule has 0 aromatic heterocycles. The van der Waals surface area contributed by atoms with Crippen molar-refractivity contribution in [1.29, 1.82) is 0 Å². The van der Waals surface area contributed by atoms with Crippen LogP contribution < -0.4 is 4.74 Å². The lowest BCUT2D eigenvalue weighted by molar-refractivity contribution is 0.368. The number of aryl methyl sites for hydroxylation is 1. The Morgan fingerprint density at radius 3 is 2.45 bits per heavy atom. The molecule has 0 atom stereocenters. The van der Waals surface area contributed by atoms with Crippen LogP contribution in [0.5, 0.6) is 5.75 Å². The highest BCUT2D eigenvalue weighted by Gasteiger charge is 2.38. The Balaban J connectivity index is 2.55. The van der Waals surface area contributed by atoms with Crippen molar-refractivity contribution in [2.75, 3.05) is 7.11 Å². The summed E-state index contributed by atoms with van der Waals surface area (Å²) in [6, 6.07) is 8.16. The minimum absolute atomic E-state index is 0.214. The minimum atomic E-state index is -1.75. The molecule has 2 nitrogen and oxygen atoms in total. The SMILES string of the molecule is C=C(CCc1cccc(OC)c1)O[Si](C)(C)C(C)(C)C. The van der Waals surface area contributed by atoms with E-state index in [1.54, 1.807) is 7.11 Å². The third-order valence-electron chi connectivity index (χ3n) is 4.03. The van der Waals surface area contributed by atoms with Crippen LogP contribution in [0.15, 0.2) is 36.6 Å². The molecule has 1 rings (SSSR count). The van der Waals surface area contributed by atoms with Crippen LogP contribution in [0.2, 0.25) is 18.1 Å². The van der Waals surface area contributed by atoms with Crippen LogP contribution in [-0.2, 0) is 10.8 Å². The first-order valence-corrected chi connectivity index (χ1v) is 10.1. The average Bonchev–Trinajstić information content (AvgIpc) is 2.35. The van der Waals surface area contributed by atoms with Crippen molar-refractivity contribution >= 4 is 8.32 Å². The second-order valence-electron chi connectivity index (χ2n) is 6.75. The molecule has 0 N–H and O–H groups in total. The largest absolute Gasteiger partial charge is 0.547 e. The van der Waals surface area contributed by atoms with Crippen molar-refractivity contribution in [3.05, 3.63) is 42.2 Å². The highest BCUT2D eigenvalue weighted by atomic mass is 28.4. The second kappa shape index (κ2) is 6.49. The molecule has 0 unspecified atom stereocenters. The molecule has 0 radical (unpaired) electrons. The third kappa shape index (κ3) is 4.71. The van der Waals surface area contributed by atoms with Crippen molar-refractivity contribution in [2.45, 2.75) is 51.7 Å². The summed E-state index contributed by atoms with van der Waals surface area (Å²) in [4.78, 5) is 0. The van der Waals surface area contributed by atoms with E-state index < -0.39 is 8.32 Å². The third-order valence-corrected chi connectivity index (χ3v) is 8.44. The quantitative estimate of drug-likeness (QED) is 0.532. The molecule has 0 bridgehead atoms. The predicted molar refractivity (Wildman–Crippen MR) is 88.7 cm³/mol. The molecule has 0 aliphatic heterocycles. The Kier molecular flexibility index (Phi) is 5.46. The van der Waals surface area contributed by atoms with Crippen LogP contribution in [0.25, 0.3) is 0 Å². The van der Waals surface area contributed by atoms with Gasteiger partial charge in [-0.25, -0.2) is 0 Å². The van der Waals surface area contributed by atoms with Crippen molar-refractivity contribution in [1.82, 2.24) is 0 Å². The minimum Gasteiger partial charge on any atom is -0.547 e. The van der Waals surface area contributed by atoms with E-state index in [1.807, 2.05) is 12.1 Å². The lowest BCUT2D eigenvalue weighted by Crippen LogP contribution is -2.40. The zero-order valence-corrected chi connectivity index (χ0v) is 14.7. The van der Waals surface area contributed by atoms with Gasteiger partial charge in [0.2, 0.25) is 8.32 Å². The van der Waals surface area contributed by atoms with Gasteiger partial charge in [0.25, 0.3) is 0 Å². The monoisotopic (exact) mass is 292 g/mol. The lowest BCUT2D eigenvalue weighted by Gasteiger charge is -2.37. The number of hydrogen-bond acceptors (Lipinski definition) is 2. The fourth-order valence-electron chi connectivity index (χ4n) is 1.68. The Bertz CT molecular complexity index is 458. The van der Waals surface area contributed by atoms with Gasteiger partial charge < -0.3 is 9.16 Å². The van der Waals surface area contributed by atoms with Crippen molar-refractivity contribution < 1.29 is 9.16 Å².